The highest BCUT2D eigenvalue weighted by atomic mass is 16.5. The summed E-state index contributed by atoms with van der Waals surface area (Å²) in [5.74, 6) is -1.80. The number of nitrogens with one attached hydrogen (secondary N) is 1. The van der Waals surface area contributed by atoms with Crippen LogP contribution in [0.4, 0.5) is 5.69 Å². The third-order valence-corrected chi connectivity index (χ3v) is 2.91. The maximum atomic E-state index is 10.9. The maximum absolute atomic E-state index is 10.9. The van der Waals surface area contributed by atoms with Gasteiger partial charge in [0.1, 0.15) is 5.75 Å². The SMILES string of the molecule is O=C(O)C(=O)Nc1ccc(OC2CCCC2)cc1. The molecule has 5 heteroatoms. The number of rotatable bonds is 3. The van der Waals surface area contributed by atoms with Gasteiger partial charge in [-0.15, -0.1) is 0 Å². The average Bonchev–Trinajstić information content (AvgIpc) is 2.84. The van der Waals surface area contributed by atoms with E-state index in [4.69, 9.17) is 9.84 Å². The van der Waals surface area contributed by atoms with Gasteiger partial charge in [0.25, 0.3) is 0 Å². The van der Waals surface area contributed by atoms with Crippen molar-refractivity contribution in [2.24, 2.45) is 0 Å². The van der Waals surface area contributed by atoms with E-state index in [-0.39, 0.29) is 6.10 Å². The fourth-order valence-corrected chi connectivity index (χ4v) is 2.00. The molecule has 0 spiro atoms. The second-order valence-electron chi connectivity index (χ2n) is 4.31. The molecule has 0 bridgehead atoms. The van der Waals surface area contributed by atoms with Crippen molar-refractivity contribution < 1.29 is 19.4 Å². The zero-order valence-corrected chi connectivity index (χ0v) is 9.89. The number of anilines is 1. The lowest BCUT2D eigenvalue weighted by molar-refractivity contribution is -0.147. The number of ether oxygens (including phenoxy) is 1. The molecule has 1 amide bonds. The van der Waals surface area contributed by atoms with Crippen LogP contribution < -0.4 is 10.1 Å². The number of carboxylic acid groups (broad SMARTS) is 1. The third kappa shape index (κ3) is 3.23. The van der Waals surface area contributed by atoms with Crippen molar-refractivity contribution in [1.82, 2.24) is 0 Å². The number of hydrogen-bond acceptors (Lipinski definition) is 3. The molecule has 1 aliphatic rings. The van der Waals surface area contributed by atoms with Crippen LogP contribution in [0.25, 0.3) is 0 Å². The molecular formula is C13H15NO4. The van der Waals surface area contributed by atoms with E-state index in [0.29, 0.717) is 5.69 Å². The summed E-state index contributed by atoms with van der Waals surface area (Å²) in [4.78, 5) is 21.3. The molecule has 0 atom stereocenters. The van der Waals surface area contributed by atoms with Gasteiger partial charge in [-0.3, -0.25) is 4.79 Å². The molecule has 0 aromatic heterocycles. The molecule has 96 valence electrons. The number of aliphatic carboxylic acids is 1. The molecule has 18 heavy (non-hydrogen) atoms. The Morgan fingerprint density at radius 2 is 1.78 bits per heavy atom. The summed E-state index contributed by atoms with van der Waals surface area (Å²) in [5.41, 5.74) is 0.446. The molecule has 1 aliphatic carbocycles. The Kier molecular flexibility index (Phi) is 3.82. The van der Waals surface area contributed by atoms with Crippen LogP contribution in [0.3, 0.4) is 0 Å². The predicted octanol–water partition coefficient (Wildman–Crippen LogP) is 2.03. The first-order valence-electron chi connectivity index (χ1n) is 5.96. The van der Waals surface area contributed by atoms with Crippen molar-refractivity contribution >= 4 is 17.6 Å². The minimum atomic E-state index is -1.50. The van der Waals surface area contributed by atoms with Gasteiger partial charge in [-0.2, -0.15) is 0 Å². The molecule has 1 fully saturated rings. The van der Waals surface area contributed by atoms with Crippen LogP contribution in [-0.4, -0.2) is 23.1 Å². The minimum Gasteiger partial charge on any atom is -0.490 e. The molecule has 0 radical (unpaired) electrons. The Morgan fingerprint density at radius 1 is 1.17 bits per heavy atom. The van der Waals surface area contributed by atoms with Crippen molar-refractivity contribution in [1.29, 1.82) is 0 Å². The first-order chi connectivity index (χ1) is 8.65. The Hall–Kier alpha value is -2.04. The van der Waals surface area contributed by atoms with E-state index in [1.54, 1.807) is 24.3 Å². The Balaban J connectivity index is 1.92. The summed E-state index contributed by atoms with van der Waals surface area (Å²) in [5, 5.41) is 10.7. The lowest BCUT2D eigenvalue weighted by atomic mass is 10.2. The van der Waals surface area contributed by atoms with Crippen molar-refractivity contribution in [3.8, 4) is 5.75 Å². The van der Waals surface area contributed by atoms with Gasteiger partial charge >= 0.3 is 11.9 Å². The molecule has 0 saturated heterocycles. The standard InChI is InChI=1S/C13H15NO4/c15-12(13(16)17)14-9-5-7-11(8-6-9)18-10-3-1-2-4-10/h5-8,10H,1-4H2,(H,14,15)(H,16,17). The summed E-state index contributed by atoms with van der Waals surface area (Å²) in [6.45, 7) is 0. The molecule has 2 rings (SSSR count). The average molecular weight is 249 g/mol. The first-order valence-corrected chi connectivity index (χ1v) is 5.96. The molecule has 0 unspecified atom stereocenters. The van der Waals surface area contributed by atoms with Gasteiger partial charge in [0.15, 0.2) is 0 Å². The minimum absolute atomic E-state index is 0.282. The quantitative estimate of drug-likeness (QED) is 0.804. The van der Waals surface area contributed by atoms with Gasteiger partial charge in [0.05, 0.1) is 6.10 Å². The van der Waals surface area contributed by atoms with E-state index >= 15 is 0 Å². The third-order valence-electron chi connectivity index (χ3n) is 2.91. The highest BCUT2D eigenvalue weighted by Crippen LogP contribution is 2.24. The lowest BCUT2D eigenvalue weighted by Gasteiger charge is -2.13. The van der Waals surface area contributed by atoms with E-state index in [2.05, 4.69) is 5.32 Å². The first kappa shape index (κ1) is 12.4. The van der Waals surface area contributed by atoms with Gasteiger partial charge in [0.2, 0.25) is 0 Å². The predicted molar refractivity (Wildman–Crippen MR) is 65.6 cm³/mol. The number of carboxylic acids is 1. The van der Waals surface area contributed by atoms with E-state index in [9.17, 15) is 9.59 Å². The van der Waals surface area contributed by atoms with Crippen LogP contribution in [0.5, 0.6) is 5.75 Å². The Labute approximate surface area is 105 Å². The summed E-state index contributed by atoms with van der Waals surface area (Å²) >= 11 is 0. The molecule has 5 nitrogen and oxygen atoms in total. The van der Waals surface area contributed by atoms with Crippen LogP contribution in [0.1, 0.15) is 25.7 Å². The normalized spacial score (nSPS) is 15.3. The zero-order valence-electron chi connectivity index (χ0n) is 9.89. The molecular weight excluding hydrogens is 234 g/mol. The van der Waals surface area contributed by atoms with E-state index in [1.807, 2.05) is 0 Å². The van der Waals surface area contributed by atoms with E-state index in [0.717, 1.165) is 18.6 Å². The van der Waals surface area contributed by atoms with Crippen LogP contribution in [0.15, 0.2) is 24.3 Å². The van der Waals surface area contributed by atoms with Crippen LogP contribution in [0.2, 0.25) is 0 Å². The molecule has 0 aliphatic heterocycles. The van der Waals surface area contributed by atoms with Gasteiger partial charge in [-0.25, -0.2) is 4.79 Å². The lowest BCUT2D eigenvalue weighted by Crippen LogP contribution is -2.21. The highest BCUT2D eigenvalue weighted by molar-refractivity contribution is 6.36. The van der Waals surface area contributed by atoms with Crippen molar-refractivity contribution in [3.05, 3.63) is 24.3 Å². The van der Waals surface area contributed by atoms with Crippen molar-refractivity contribution in [2.45, 2.75) is 31.8 Å². The second kappa shape index (κ2) is 5.53. The smallest absolute Gasteiger partial charge is 0.394 e. The van der Waals surface area contributed by atoms with Crippen LogP contribution >= 0.6 is 0 Å². The largest absolute Gasteiger partial charge is 0.490 e. The van der Waals surface area contributed by atoms with Gasteiger partial charge in [0, 0.05) is 5.69 Å². The summed E-state index contributed by atoms with van der Waals surface area (Å²) in [6, 6.07) is 6.72. The molecule has 2 N–H and O–H groups in total. The highest BCUT2D eigenvalue weighted by Gasteiger charge is 2.16. The monoisotopic (exact) mass is 249 g/mol. The van der Waals surface area contributed by atoms with Crippen LogP contribution in [-0.2, 0) is 9.59 Å². The second-order valence-corrected chi connectivity index (χ2v) is 4.31. The van der Waals surface area contributed by atoms with Gasteiger partial charge < -0.3 is 15.2 Å². The maximum Gasteiger partial charge on any atom is 0.394 e. The van der Waals surface area contributed by atoms with E-state index in [1.165, 1.54) is 12.8 Å². The summed E-state index contributed by atoms with van der Waals surface area (Å²) < 4.78 is 5.75. The topological polar surface area (TPSA) is 75.6 Å². The van der Waals surface area contributed by atoms with Crippen molar-refractivity contribution in [3.63, 3.8) is 0 Å². The Bertz CT molecular complexity index is 435. The molecule has 1 aromatic carbocycles. The van der Waals surface area contributed by atoms with Crippen molar-refractivity contribution in [2.75, 3.05) is 5.32 Å². The fraction of sp³-hybridized carbons (Fsp3) is 0.385. The fourth-order valence-electron chi connectivity index (χ4n) is 2.00. The number of amides is 1. The number of hydrogen-bond donors (Lipinski definition) is 2. The zero-order chi connectivity index (χ0) is 13.0. The molecule has 0 heterocycles. The summed E-state index contributed by atoms with van der Waals surface area (Å²) in [7, 11) is 0. The molecule has 1 saturated carbocycles. The number of benzene rings is 1. The molecule has 1 aromatic rings. The van der Waals surface area contributed by atoms with E-state index < -0.39 is 11.9 Å². The van der Waals surface area contributed by atoms with Gasteiger partial charge in [-0.05, 0) is 49.9 Å². The Morgan fingerprint density at radius 3 is 2.33 bits per heavy atom. The number of carbonyl (C=O) groups is 2. The number of carbonyl (C=O) groups excluding carboxylic acids is 1. The van der Waals surface area contributed by atoms with Gasteiger partial charge in [-0.1, -0.05) is 0 Å². The van der Waals surface area contributed by atoms with Crippen LogP contribution in [0, 0.1) is 0 Å². The summed E-state index contributed by atoms with van der Waals surface area (Å²) in [6.07, 6.45) is 4.86.